The minimum atomic E-state index is -4.15. The Morgan fingerprint density at radius 2 is 1.86 bits per heavy atom. The summed E-state index contributed by atoms with van der Waals surface area (Å²) in [5.74, 6) is -2.61. The molecule has 1 fully saturated rings. The number of carbonyl (C=O) groups is 1. The monoisotopic (exact) mass is 319 g/mol. The number of urea groups is 1. The molecule has 0 aromatic heterocycles. The Morgan fingerprint density at radius 1 is 1.14 bits per heavy atom. The van der Waals surface area contributed by atoms with Crippen molar-refractivity contribution in [2.45, 2.75) is 11.3 Å². The molecule has 2 rings (SSSR count). The summed E-state index contributed by atoms with van der Waals surface area (Å²) in [6, 6.07) is 2.38. The van der Waals surface area contributed by atoms with E-state index in [9.17, 15) is 22.0 Å². The van der Waals surface area contributed by atoms with Gasteiger partial charge in [0.05, 0.1) is 0 Å². The molecule has 1 aliphatic heterocycles. The quantitative estimate of drug-likeness (QED) is 0.872. The van der Waals surface area contributed by atoms with Gasteiger partial charge in [0.15, 0.2) is 11.6 Å². The normalized spacial score (nSPS) is 17.5. The molecule has 0 radical (unpaired) electrons. The molecule has 0 spiro atoms. The van der Waals surface area contributed by atoms with Crippen LogP contribution >= 0.6 is 0 Å². The molecule has 116 valence electrons. The minimum absolute atomic E-state index is 0.0127. The lowest BCUT2D eigenvalue weighted by Crippen LogP contribution is -2.39. The van der Waals surface area contributed by atoms with Gasteiger partial charge in [-0.1, -0.05) is 6.07 Å². The van der Waals surface area contributed by atoms with E-state index in [2.05, 4.69) is 0 Å². The van der Waals surface area contributed by atoms with Crippen molar-refractivity contribution in [2.24, 2.45) is 5.73 Å². The molecule has 9 heteroatoms. The molecule has 21 heavy (non-hydrogen) atoms. The minimum Gasteiger partial charge on any atom is -0.351 e. The van der Waals surface area contributed by atoms with Crippen LogP contribution in [0.2, 0.25) is 0 Å². The van der Waals surface area contributed by atoms with Crippen LogP contribution in [0, 0.1) is 11.6 Å². The summed E-state index contributed by atoms with van der Waals surface area (Å²) in [6.07, 6.45) is 0.374. The molecule has 0 saturated carbocycles. The van der Waals surface area contributed by atoms with Gasteiger partial charge in [-0.3, -0.25) is 0 Å². The van der Waals surface area contributed by atoms with E-state index in [0.717, 1.165) is 22.5 Å². The number of primary amides is 1. The lowest BCUT2D eigenvalue weighted by molar-refractivity contribution is 0.210. The first kappa shape index (κ1) is 15.6. The number of sulfonamides is 1. The van der Waals surface area contributed by atoms with Crippen LogP contribution in [0.4, 0.5) is 13.6 Å². The lowest BCUT2D eigenvalue weighted by atomic mass is 10.3. The van der Waals surface area contributed by atoms with Gasteiger partial charge in [-0.2, -0.15) is 4.31 Å². The first-order chi connectivity index (χ1) is 9.84. The molecule has 1 aliphatic rings. The van der Waals surface area contributed by atoms with Crippen molar-refractivity contribution in [3.05, 3.63) is 29.8 Å². The zero-order valence-electron chi connectivity index (χ0n) is 11.1. The van der Waals surface area contributed by atoms with Crippen molar-refractivity contribution < 1.29 is 22.0 Å². The van der Waals surface area contributed by atoms with Gasteiger partial charge in [-0.15, -0.1) is 0 Å². The van der Waals surface area contributed by atoms with Crippen LogP contribution in [-0.4, -0.2) is 49.8 Å². The summed E-state index contributed by atoms with van der Waals surface area (Å²) >= 11 is 0. The molecule has 0 bridgehead atoms. The van der Waals surface area contributed by atoms with Gasteiger partial charge in [0, 0.05) is 26.2 Å². The van der Waals surface area contributed by atoms with Crippen molar-refractivity contribution in [1.82, 2.24) is 9.21 Å². The average Bonchev–Trinajstić information content (AvgIpc) is 2.68. The molecule has 0 unspecified atom stereocenters. The topological polar surface area (TPSA) is 83.7 Å². The van der Waals surface area contributed by atoms with Gasteiger partial charge in [0.25, 0.3) is 0 Å². The first-order valence-electron chi connectivity index (χ1n) is 6.32. The van der Waals surface area contributed by atoms with E-state index in [4.69, 9.17) is 5.73 Å². The molecule has 1 aromatic rings. The van der Waals surface area contributed by atoms with E-state index in [0.29, 0.717) is 13.0 Å². The predicted octanol–water partition coefficient (Wildman–Crippen LogP) is 0.740. The number of nitrogens with two attached hydrogens (primary N) is 1. The van der Waals surface area contributed by atoms with Gasteiger partial charge < -0.3 is 10.6 Å². The summed E-state index contributed by atoms with van der Waals surface area (Å²) in [4.78, 5) is 11.7. The van der Waals surface area contributed by atoms with Gasteiger partial charge in [0.2, 0.25) is 10.0 Å². The van der Waals surface area contributed by atoms with Gasteiger partial charge in [0.1, 0.15) is 4.90 Å². The molecular formula is C12H15F2N3O3S. The van der Waals surface area contributed by atoms with E-state index < -0.39 is 32.6 Å². The Labute approximate surface area is 121 Å². The van der Waals surface area contributed by atoms with Crippen molar-refractivity contribution in [3.8, 4) is 0 Å². The van der Waals surface area contributed by atoms with Crippen LogP contribution in [0.25, 0.3) is 0 Å². The third kappa shape index (κ3) is 3.13. The van der Waals surface area contributed by atoms with E-state index >= 15 is 0 Å². The summed E-state index contributed by atoms with van der Waals surface area (Å²) in [7, 11) is -4.15. The molecule has 0 atom stereocenters. The second kappa shape index (κ2) is 5.94. The summed E-state index contributed by atoms with van der Waals surface area (Å²) < 4.78 is 52.7. The average molecular weight is 319 g/mol. The Hall–Kier alpha value is -1.74. The third-order valence-electron chi connectivity index (χ3n) is 3.30. The second-order valence-electron chi connectivity index (χ2n) is 4.63. The fourth-order valence-corrected chi connectivity index (χ4v) is 3.72. The smallest absolute Gasteiger partial charge is 0.314 e. The predicted molar refractivity (Wildman–Crippen MR) is 70.9 cm³/mol. The highest BCUT2D eigenvalue weighted by atomic mass is 32.2. The summed E-state index contributed by atoms with van der Waals surface area (Å²) in [6.45, 7) is 0.543. The SMILES string of the molecule is NC(=O)N1CCCN(S(=O)(=O)c2cccc(F)c2F)CC1. The summed E-state index contributed by atoms with van der Waals surface area (Å²) in [5, 5.41) is 0. The van der Waals surface area contributed by atoms with Crippen molar-refractivity contribution in [1.29, 1.82) is 0 Å². The fourth-order valence-electron chi connectivity index (χ4n) is 2.18. The number of amides is 2. The maximum atomic E-state index is 13.7. The molecule has 6 nitrogen and oxygen atoms in total. The number of nitrogens with zero attached hydrogens (tertiary/aromatic N) is 2. The van der Waals surface area contributed by atoms with E-state index in [1.54, 1.807) is 0 Å². The van der Waals surface area contributed by atoms with Crippen LogP contribution in [0.3, 0.4) is 0 Å². The number of hydrogen-bond donors (Lipinski definition) is 1. The largest absolute Gasteiger partial charge is 0.351 e. The maximum Gasteiger partial charge on any atom is 0.314 e. The lowest BCUT2D eigenvalue weighted by Gasteiger charge is -2.21. The van der Waals surface area contributed by atoms with E-state index in [1.165, 1.54) is 4.90 Å². The van der Waals surface area contributed by atoms with E-state index in [1.807, 2.05) is 0 Å². The van der Waals surface area contributed by atoms with Crippen LogP contribution in [-0.2, 0) is 10.0 Å². The number of halogens is 2. The highest BCUT2D eigenvalue weighted by Gasteiger charge is 2.30. The number of hydrogen-bond acceptors (Lipinski definition) is 3. The third-order valence-corrected chi connectivity index (χ3v) is 5.22. The van der Waals surface area contributed by atoms with Gasteiger partial charge in [-0.25, -0.2) is 22.0 Å². The zero-order chi connectivity index (χ0) is 15.6. The van der Waals surface area contributed by atoms with Crippen LogP contribution < -0.4 is 5.73 Å². The van der Waals surface area contributed by atoms with Gasteiger partial charge >= 0.3 is 6.03 Å². The Kier molecular flexibility index (Phi) is 4.43. The van der Waals surface area contributed by atoms with Crippen molar-refractivity contribution in [2.75, 3.05) is 26.2 Å². The molecule has 0 aliphatic carbocycles. The Morgan fingerprint density at radius 3 is 2.52 bits per heavy atom. The van der Waals surface area contributed by atoms with Gasteiger partial charge in [-0.05, 0) is 18.6 Å². The molecule has 1 heterocycles. The molecule has 1 saturated heterocycles. The zero-order valence-corrected chi connectivity index (χ0v) is 11.9. The Balaban J connectivity index is 2.28. The van der Waals surface area contributed by atoms with E-state index in [-0.39, 0.29) is 19.6 Å². The molecule has 1 aromatic carbocycles. The molecule has 2 N–H and O–H groups in total. The standard InChI is InChI=1S/C12H15F2N3O3S/c13-9-3-1-4-10(11(9)14)21(19,20)17-6-2-5-16(7-8-17)12(15)18/h1,3-4H,2,5-8H2,(H2,15,18). The second-order valence-corrected chi connectivity index (χ2v) is 6.54. The molecular weight excluding hydrogens is 304 g/mol. The Bertz CT molecular complexity index is 651. The van der Waals surface area contributed by atoms with Crippen LogP contribution in [0.15, 0.2) is 23.1 Å². The van der Waals surface area contributed by atoms with Crippen molar-refractivity contribution >= 4 is 16.1 Å². The maximum absolute atomic E-state index is 13.7. The first-order valence-corrected chi connectivity index (χ1v) is 7.76. The number of benzene rings is 1. The molecule has 2 amide bonds. The highest BCUT2D eigenvalue weighted by Crippen LogP contribution is 2.22. The number of carbonyl (C=O) groups excluding carboxylic acids is 1. The fraction of sp³-hybridized carbons (Fsp3) is 0.417. The number of rotatable bonds is 2. The summed E-state index contributed by atoms with van der Waals surface area (Å²) in [5.41, 5.74) is 5.16. The van der Waals surface area contributed by atoms with Crippen molar-refractivity contribution in [3.63, 3.8) is 0 Å². The van der Waals surface area contributed by atoms with Crippen LogP contribution in [0.5, 0.6) is 0 Å². The van der Waals surface area contributed by atoms with Crippen LogP contribution in [0.1, 0.15) is 6.42 Å². The highest BCUT2D eigenvalue weighted by molar-refractivity contribution is 7.89.